The molecule has 0 atom stereocenters. The van der Waals surface area contributed by atoms with Gasteiger partial charge in [-0.1, -0.05) is 6.07 Å². The molecule has 0 radical (unpaired) electrons. The largest absolute Gasteiger partial charge is 0.307 e. The summed E-state index contributed by atoms with van der Waals surface area (Å²) in [6, 6.07) is 9.66. The van der Waals surface area contributed by atoms with E-state index in [0.717, 1.165) is 22.7 Å². The van der Waals surface area contributed by atoms with Gasteiger partial charge in [0.05, 0.1) is 6.20 Å². The second kappa shape index (κ2) is 11.1. The molecule has 0 aliphatic carbocycles. The maximum Gasteiger partial charge on any atom is 0.233 e. The summed E-state index contributed by atoms with van der Waals surface area (Å²) in [5.74, 6) is 0.748. The first-order valence-electron chi connectivity index (χ1n) is 10.9. The van der Waals surface area contributed by atoms with E-state index >= 15 is 0 Å². The molecular formula is C25H21N11. The molecule has 0 amide bonds. The van der Waals surface area contributed by atoms with Crippen LogP contribution in [0.4, 0.5) is 0 Å². The minimum Gasteiger partial charge on any atom is -0.307 e. The highest BCUT2D eigenvalue weighted by Gasteiger charge is 1.89. The Kier molecular flexibility index (Phi) is 6.90. The van der Waals surface area contributed by atoms with Crippen molar-refractivity contribution < 1.29 is 0 Å². The van der Waals surface area contributed by atoms with Crippen molar-refractivity contribution in [3.63, 3.8) is 0 Å². The summed E-state index contributed by atoms with van der Waals surface area (Å²) in [6.07, 6.45) is 28.9. The highest BCUT2D eigenvalue weighted by atomic mass is 15.1. The van der Waals surface area contributed by atoms with Crippen LogP contribution in [-0.2, 0) is 0 Å². The van der Waals surface area contributed by atoms with Gasteiger partial charge >= 0.3 is 0 Å². The van der Waals surface area contributed by atoms with Gasteiger partial charge in [-0.2, -0.15) is 0 Å². The molecule has 0 aromatic carbocycles. The molecule has 8 aromatic rings. The van der Waals surface area contributed by atoms with E-state index in [1.165, 1.54) is 0 Å². The lowest BCUT2D eigenvalue weighted by molar-refractivity contribution is 1.09. The lowest BCUT2D eigenvalue weighted by atomic mass is 10.5. The lowest BCUT2D eigenvalue weighted by Gasteiger charge is -1.86. The van der Waals surface area contributed by atoms with Crippen molar-refractivity contribution in [3.05, 3.63) is 130 Å². The van der Waals surface area contributed by atoms with Gasteiger partial charge in [0.25, 0.3) is 0 Å². The van der Waals surface area contributed by atoms with E-state index in [2.05, 4.69) is 34.9 Å². The molecule has 36 heavy (non-hydrogen) atoms. The van der Waals surface area contributed by atoms with Crippen molar-refractivity contribution in [2.75, 3.05) is 0 Å². The summed E-state index contributed by atoms with van der Waals surface area (Å²) < 4.78 is 7.60. The van der Waals surface area contributed by atoms with Crippen molar-refractivity contribution in [2.45, 2.75) is 0 Å². The van der Waals surface area contributed by atoms with Crippen LogP contribution in [0.25, 0.3) is 22.7 Å². The van der Waals surface area contributed by atoms with Crippen LogP contribution in [0.2, 0.25) is 0 Å². The van der Waals surface area contributed by atoms with Crippen LogP contribution in [0, 0.1) is 0 Å². The molecule has 0 aliphatic heterocycles. The molecule has 0 aliphatic rings. The van der Waals surface area contributed by atoms with Crippen LogP contribution >= 0.6 is 0 Å². The topological polar surface area (TPSA) is 108 Å². The van der Waals surface area contributed by atoms with Crippen LogP contribution in [0.5, 0.6) is 0 Å². The first-order valence-corrected chi connectivity index (χ1v) is 10.9. The van der Waals surface area contributed by atoms with E-state index in [1.54, 1.807) is 55.9 Å². The molecule has 0 fully saturated rings. The fraction of sp³-hybridized carbons (Fsp3) is 0. The fourth-order valence-corrected chi connectivity index (χ4v) is 3.17. The molecule has 0 bridgehead atoms. The van der Waals surface area contributed by atoms with Gasteiger partial charge < -0.3 is 8.80 Å². The average Bonchev–Trinajstić information content (AvgIpc) is 3.76. The van der Waals surface area contributed by atoms with Crippen LogP contribution in [0.15, 0.2) is 130 Å². The quantitative estimate of drug-likeness (QED) is 0.330. The van der Waals surface area contributed by atoms with E-state index in [4.69, 9.17) is 0 Å². The Morgan fingerprint density at radius 1 is 0.417 bits per heavy atom. The van der Waals surface area contributed by atoms with Gasteiger partial charge in [0.2, 0.25) is 5.78 Å². The van der Waals surface area contributed by atoms with Gasteiger partial charge in [-0.25, -0.2) is 29.9 Å². The zero-order valence-electron chi connectivity index (χ0n) is 19.0. The van der Waals surface area contributed by atoms with Gasteiger partial charge in [0.1, 0.15) is 17.6 Å². The van der Waals surface area contributed by atoms with Crippen LogP contribution in [-0.4, -0.2) is 52.5 Å². The van der Waals surface area contributed by atoms with E-state index < -0.39 is 0 Å². The summed E-state index contributed by atoms with van der Waals surface area (Å²) in [5, 5.41) is 0. The van der Waals surface area contributed by atoms with Gasteiger partial charge in [0.15, 0.2) is 5.65 Å². The Morgan fingerprint density at radius 3 is 1.83 bits per heavy atom. The maximum atomic E-state index is 4.08. The molecule has 8 rings (SSSR count). The first kappa shape index (κ1) is 22.3. The van der Waals surface area contributed by atoms with Crippen molar-refractivity contribution >= 4 is 22.7 Å². The number of hydrogen-bond donors (Lipinski definition) is 0. The second-order valence-electron chi connectivity index (χ2n) is 7.19. The van der Waals surface area contributed by atoms with Crippen LogP contribution in [0.3, 0.4) is 0 Å². The van der Waals surface area contributed by atoms with E-state index in [-0.39, 0.29) is 0 Å². The van der Waals surface area contributed by atoms with Gasteiger partial charge in [-0.3, -0.25) is 13.8 Å². The molecule has 0 unspecified atom stereocenters. The SMILES string of the molecule is c1cc2nccn2cn1.c1ccn2ccnc2c1.c1cn2ccnc2cn1.c1cnc2nccn2c1. The number of nitrogens with zero attached hydrogens (tertiary/aromatic N) is 11. The number of imidazole rings is 4. The summed E-state index contributed by atoms with van der Waals surface area (Å²) in [4.78, 5) is 27.9. The highest BCUT2D eigenvalue weighted by Crippen LogP contribution is 1.97. The number of hydrogen-bond acceptors (Lipinski definition) is 7. The van der Waals surface area contributed by atoms with Crippen LogP contribution < -0.4 is 0 Å². The summed E-state index contributed by atoms with van der Waals surface area (Å²) >= 11 is 0. The molecule has 0 spiro atoms. The zero-order chi connectivity index (χ0) is 24.4. The molecule has 0 saturated carbocycles. The summed E-state index contributed by atoms with van der Waals surface area (Å²) in [6.45, 7) is 0. The monoisotopic (exact) mass is 475 g/mol. The van der Waals surface area contributed by atoms with Crippen molar-refractivity contribution in [3.8, 4) is 0 Å². The Bertz CT molecular complexity index is 1390. The second-order valence-corrected chi connectivity index (χ2v) is 7.19. The predicted molar refractivity (Wildman–Crippen MR) is 134 cm³/mol. The molecule has 176 valence electrons. The first-order chi connectivity index (χ1) is 17.9. The molecule has 8 aromatic heterocycles. The van der Waals surface area contributed by atoms with Gasteiger partial charge in [0, 0.05) is 86.8 Å². The molecule has 11 heteroatoms. The van der Waals surface area contributed by atoms with Gasteiger partial charge in [-0.05, 0) is 24.3 Å². The Morgan fingerprint density at radius 2 is 1.06 bits per heavy atom. The summed E-state index contributed by atoms with van der Waals surface area (Å²) in [5.41, 5.74) is 2.82. The predicted octanol–water partition coefficient (Wildman–Crippen LogP) is 3.52. The minimum absolute atomic E-state index is 0.748. The van der Waals surface area contributed by atoms with Gasteiger partial charge in [-0.15, -0.1) is 0 Å². The molecule has 8 heterocycles. The Hall–Kier alpha value is -5.45. The minimum atomic E-state index is 0.748. The highest BCUT2D eigenvalue weighted by molar-refractivity contribution is 5.37. The van der Waals surface area contributed by atoms with Crippen LogP contribution in [0.1, 0.15) is 0 Å². The molecular weight excluding hydrogens is 454 g/mol. The maximum absolute atomic E-state index is 4.08. The van der Waals surface area contributed by atoms with E-state index in [9.17, 15) is 0 Å². The van der Waals surface area contributed by atoms with E-state index in [1.807, 2.05) is 91.3 Å². The number of pyridine rings is 1. The third-order valence-electron chi connectivity index (χ3n) is 4.87. The lowest BCUT2D eigenvalue weighted by Crippen LogP contribution is -1.82. The molecule has 0 N–H and O–H groups in total. The Balaban J connectivity index is 0.0000000988. The number of fused-ring (bicyclic) bond motifs is 4. The molecule has 11 nitrogen and oxygen atoms in total. The van der Waals surface area contributed by atoms with Crippen molar-refractivity contribution in [1.29, 1.82) is 0 Å². The summed E-state index contributed by atoms with van der Waals surface area (Å²) in [7, 11) is 0. The third-order valence-corrected chi connectivity index (χ3v) is 4.87. The smallest absolute Gasteiger partial charge is 0.233 e. The van der Waals surface area contributed by atoms with Crippen molar-refractivity contribution in [2.24, 2.45) is 0 Å². The number of aromatic nitrogens is 11. The van der Waals surface area contributed by atoms with E-state index in [0.29, 0.717) is 0 Å². The molecule has 0 saturated heterocycles. The standard InChI is InChI=1S/C7H6N2.3C6H5N3/c1-2-5-9-6-4-8-7(9)3-1;1-3-9-4-2-8-6(9)5-7-1;1-2-7-5-9-4-3-8-6(1)9;1-2-7-6-8-3-5-9(6)4-1/h1-6H;3*1-5H. The average molecular weight is 476 g/mol. The van der Waals surface area contributed by atoms with Crippen molar-refractivity contribution in [1.82, 2.24) is 52.5 Å². The normalized spacial score (nSPS) is 10.2. The number of rotatable bonds is 0. The Labute approximate surface area is 205 Å². The zero-order valence-corrected chi connectivity index (χ0v) is 19.0. The third kappa shape index (κ3) is 5.54. The fourth-order valence-electron chi connectivity index (χ4n) is 3.17.